The zero-order valence-electron chi connectivity index (χ0n) is 13.7. The summed E-state index contributed by atoms with van der Waals surface area (Å²) in [5.41, 5.74) is 2.39. The molecule has 3 rings (SSSR count). The molecule has 1 unspecified atom stereocenters. The average Bonchev–Trinajstić information content (AvgIpc) is 2.90. The topological polar surface area (TPSA) is 45.2 Å². The third kappa shape index (κ3) is 3.52. The molecule has 1 aliphatic rings. The Bertz CT molecular complexity index is 655. The van der Waals surface area contributed by atoms with E-state index in [-0.39, 0.29) is 11.4 Å². The minimum absolute atomic E-state index is 0.000333. The minimum Gasteiger partial charge on any atom is -0.334 e. The molecule has 1 aromatic carbocycles. The van der Waals surface area contributed by atoms with Gasteiger partial charge in [-0.25, -0.2) is 4.79 Å². The van der Waals surface area contributed by atoms with Crippen LogP contribution in [0.1, 0.15) is 30.9 Å². The summed E-state index contributed by atoms with van der Waals surface area (Å²) in [5.74, 6) is 0.368. The van der Waals surface area contributed by atoms with Gasteiger partial charge in [0.15, 0.2) is 0 Å². The predicted molar refractivity (Wildman–Crippen MR) is 91.0 cm³/mol. The number of hydrogen-bond acceptors (Lipinski definition) is 2. The number of carbonyl (C=O) groups excluding carboxylic acids is 1. The van der Waals surface area contributed by atoms with Crippen molar-refractivity contribution < 1.29 is 4.79 Å². The van der Waals surface area contributed by atoms with Gasteiger partial charge < -0.3 is 10.2 Å². The standard InChI is InChI=1S/C19H23N3O/c1-19(2)14-22(13-17(19)16-8-4-3-5-9-16)18(23)21-12-15-7-6-10-20-11-15/h3-11,17H,12-14H2,1-2H3,(H,21,23). The maximum atomic E-state index is 12.5. The van der Waals surface area contributed by atoms with Crippen molar-refractivity contribution in [3.05, 3.63) is 66.0 Å². The number of rotatable bonds is 3. The van der Waals surface area contributed by atoms with Crippen molar-refractivity contribution in [3.8, 4) is 0 Å². The van der Waals surface area contributed by atoms with E-state index in [1.807, 2.05) is 23.1 Å². The zero-order valence-corrected chi connectivity index (χ0v) is 13.7. The molecule has 2 heterocycles. The van der Waals surface area contributed by atoms with E-state index in [1.54, 1.807) is 12.4 Å². The van der Waals surface area contributed by atoms with Crippen LogP contribution in [0.4, 0.5) is 4.79 Å². The Balaban J connectivity index is 1.64. The van der Waals surface area contributed by atoms with Crippen LogP contribution in [-0.2, 0) is 6.54 Å². The quantitative estimate of drug-likeness (QED) is 0.944. The van der Waals surface area contributed by atoms with Gasteiger partial charge in [0.05, 0.1) is 0 Å². The van der Waals surface area contributed by atoms with E-state index in [1.165, 1.54) is 5.56 Å². The number of hydrogen-bond donors (Lipinski definition) is 1. The van der Waals surface area contributed by atoms with Gasteiger partial charge in [0.25, 0.3) is 0 Å². The molecule has 0 aliphatic carbocycles. The molecule has 2 aromatic rings. The van der Waals surface area contributed by atoms with Crippen molar-refractivity contribution >= 4 is 6.03 Å². The highest BCUT2D eigenvalue weighted by molar-refractivity contribution is 5.74. The van der Waals surface area contributed by atoms with Gasteiger partial charge in [-0.05, 0) is 22.6 Å². The van der Waals surface area contributed by atoms with E-state index >= 15 is 0 Å². The van der Waals surface area contributed by atoms with Crippen molar-refractivity contribution in [2.75, 3.05) is 13.1 Å². The Morgan fingerprint density at radius 3 is 2.74 bits per heavy atom. The monoisotopic (exact) mass is 309 g/mol. The van der Waals surface area contributed by atoms with Gasteiger partial charge in [0, 0.05) is 37.9 Å². The fraction of sp³-hybridized carbons (Fsp3) is 0.368. The van der Waals surface area contributed by atoms with Crippen LogP contribution in [0.2, 0.25) is 0 Å². The van der Waals surface area contributed by atoms with Crippen LogP contribution in [0.3, 0.4) is 0 Å². The number of amides is 2. The second-order valence-electron chi connectivity index (χ2n) is 6.85. The third-order valence-electron chi connectivity index (χ3n) is 4.60. The van der Waals surface area contributed by atoms with E-state index in [9.17, 15) is 4.79 Å². The number of nitrogens with one attached hydrogen (secondary N) is 1. The molecule has 4 nitrogen and oxygen atoms in total. The van der Waals surface area contributed by atoms with E-state index < -0.39 is 0 Å². The maximum absolute atomic E-state index is 12.5. The fourth-order valence-corrected chi connectivity index (χ4v) is 3.32. The van der Waals surface area contributed by atoms with Gasteiger partial charge in [-0.2, -0.15) is 0 Å². The molecule has 0 saturated carbocycles. The van der Waals surface area contributed by atoms with Crippen LogP contribution < -0.4 is 5.32 Å². The lowest BCUT2D eigenvalue weighted by molar-refractivity contribution is 0.203. The highest BCUT2D eigenvalue weighted by Gasteiger charge is 2.41. The number of likely N-dealkylation sites (tertiary alicyclic amines) is 1. The molecule has 120 valence electrons. The van der Waals surface area contributed by atoms with Crippen LogP contribution in [-0.4, -0.2) is 29.0 Å². The second kappa shape index (κ2) is 6.41. The molecule has 2 amide bonds. The Hall–Kier alpha value is -2.36. The molecular weight excluding hydrogens is 286 g/mol. The molecule has 1 fully saturated rings. The molecule has 0 spiro atoms. The average molecular weight is 309 g/mol. The normalized spacial score (nSPS) is 19.6. The number of carbonyl (C=O) groups is 1. The number of benzene rings is 1. The van der Waals surface area contributed by atoms with Crippen LogP contribution in [0.25, 0.3) is 0 Å². The molecule has 4 heteroatoms. The van der Waals surface area contributed by atoms with Gasteiger partial charge in [-0.1, -0.05) is 50.2 Å². The molecule has 1 N–H and O–H groups in total. The van der Waals surface area contributed by atoms with E-state index in [2.05, 4.69) is 48.4 Å². The Kier molecular flexibility index (Phi) is 4.33. The summed E-state index contributed by atoms with van der Waals surface area (Å²) in [6.45, 7) is 6.51. The summed E-state index contributed by atoms with van der Waals surface area (Å²) in [5, 5.41) is 3.00. The SMILES string of the molecule is CC1(C)CN(C(=O)NCc2cccnc2)CC1c1ccccc1. The lowest BCUT2D eigenvalue weighted by Gasteiger charge is -2.25. The van der Waals surface area contributed by atoms with Gasteiger partial charge in [0.1, 0.15) is 0 Å². The number of pyridine rings is 1. The largest absolute Gasteiger partial charge is 0.334 e. The number of nitrogens with zero attached hydrogens (tertiary/aromatic N) is 2. The Morgan fingerprint density at radius 1 is 1.26 bits per heavy atom. The number of aromatic nitrogens is 1. The third-order valence-corrected chi connectivity index (χ3v) is 4.60. The fourth-order valence-electron chi connectivity index (χ4n) is 3.32. The van der Waals surface area contributed by atoms with E-state index in [0.29, 0.717) is 12.5 Å². The Labute approximate surface area is 137 Å². The van der Waals surface area contributed by atoms with Gasteiger partial charge >= 0.3 is 6.03 Å². The molecule has 1 aromatic heterocycles. The summed E-state index contributed by atoms with van der Waals surface area (Å²) in [6, 6.07) is 14.3. The summed E-state index contributed by atoms with van der Waals surface area (Å²) >= 11 is 0. The molecule has 23 heavy (non-hydrogen) atoms. The minimum atomic E-state index is 0.000333. The van der Waals surface area contributed by atoms with Crippen LogP contribution in [0, 0.1) is 5.41 Å². The highest BCUT2D eigenvalue weighted by atomic mass is 16.2. The smallest absolute Gasteiger partial charge is 0.317 e. The summed E-state index contributed by atoms with van der Waals surface area (Å²) in [6.07, 6.45) is 3.51. The van der Waals surface area contributed by atoms with E-state index in [4.69, 9.17) is 0 Å². The molecule has 0 radical (unpaired) electrons. The molecular formula is C19H23N3O. The Morgan fingerprint density at radius 2 is 2.04 bits per heavy atom. The first-order valence-electron chi connectivity index (χ1n) is 8.03. The number of urea groups is 1. The highest BCUT2D eigenvalue weighted by Crippen LogP contribution is 2.42. The van der Waals surface area contributed by atoms with Crippen molar-refractivity contribution in [1.82, 2.24) is 15.2 Å². The van der Waals surface area contributed by atoms with Crippen molar-refractivity contribution in [3.63, 3.8) is 0 Å². The lowest BCUT2D eigenvalue weighted by atomic mass is 9.78. The van der Waals surface area contributed by atoms with Crippen LogP contribution >= 0.6 is 0 Å². The first-order valence-corrected chi connectivity index (χ1v) is 8.03. The summed E-state index contributed by atoms with van der Waals surface area (Å²) in [7, 11) is 0. The van der Waals surface area contributed by atoms with Gasteiger partial charge in [-0.15, -0.1) is 0 Å². The van der Waals surface area contributed by atoms with Crippen molar-refractivity contribution in [1.29, 1.82) is 0 Å². The summed E-state index contributed by atoms with van der Waals surface area (Å²) in [4.78, 5) is 18.5. The van der Waals surface area contributed by atoms with Gasteiger partial charge in [-0.3, -0.25) is 4.98 Å². The molecule has 1 atom stereocenters. The molecule has 1 aliphatic heterocycles. The first-order chi connectivity index (χ1) is 11.1. The first kappa shape index (κ1) is 15.5. The van der Waals surface area contributed by atoms with Crippen LogP contribution in [0.15, 0.2) is 54.9 Å². The zero-order chi connectivity index (χ0) is 16.3. The van der Waals surface area contributed by atoms with Crippen LogP contribution in [0.5, 0.6) is 0 Å². The van der Waals surface area contributed by atoms with Crippen molar-refractivity contribution in [2.24, 2.45) is 5.41 Å². The molecule has 1 saturated heterocycles. The lowest BCUT2D eigenvalue weighted by Crippen LogP contribution is -2.38. The predicted octanol–water partition coefficient (Wildman–Crippen LogP) is 3.42. The second-order valence-corrected chi connectivity index (χ2v) is 6.85. The van der Waals surface area contributed by atoms with Crippen molar-refractivity contribution in [2.45, 2.75) is 26.3 Å². The van der Waals surface area contributed by atoms with Gasteiger partial charge in [0.2, 0.25) is 0 Å². The maximum Gasteiger partial charge on any atom is 0.317 e. The summed E-state index contributed by atoms with van der Waals surface area (Å²) < 4.78 is 0. The molecule has 0 bridgehead atoms. The van der Waals surface area contributed by atoms with E-state index in [0.717, 1.165) is 18.7 Å².